The van der Waals surface area contributed by atoms with Crippen LogP contribution in [0.4, 0.5) is 0 Å². The molecule has 0 amide bonds. The van der Waals surface area contributed by atoms with Crippen LogP contribution in [0.25, 0.3) is 0 Å². The minimum atomic E-state index is -0.714. The van der Waals surface area contributed by atoms with Crippen LogP contribution in [0.1, 0.15) is 6.92 Å². The molecule has 0 saturated carbocycles. The largest absolute Gasteiger partial charge is 0.489 e. The number of nitrogens with one attached hydrogen (secondary N) is 1. The Morgan fingerprint density at radius 3 is 2.65 bits per heavy atom. The fourth-order valence-corrected chi connectivity index (χ4v) is 1.99. The molecule has 0 fully saturated rings. The van der Waals surface area contributed by atoms with Gasteiger partial charge < -0.3 is 14.6 Å². The first-order chi connectivity index (χ1) is 11.0. The molecule has 2 atom stereocenters. The number of nitrogens with zero attached hydrogens (tertiary/aromatic N) is 2. The Morgan fingerprint density at radius 1 is 1.17 bits per heavy atom. The maximum atomic E-state index is 9.92. The lowest BCUT2D eigenvalue weighted by Gasteiger charge is -2.18. The molecule has 1 heterocycles. The van der Waals surface area contributed by atoms with Crippen LogP contribution in [0, 0.1) is 0 Å². The third kappa shape index (κ3) is 6.19. The highest BCUT2D eigenvalue weighted by atomic mass is 35.5. The van der Waals surface area contributed by atoms with E-state index in [0.717, 1.165) is 0 Å². The van der Waals surface area contributed by atoms with E-state index in [0.29, 0.717) is 21.8 Å². The van der Waals surface area contributed by atoms with E-state index < -0.39 is 6.10 Å². The van der Waals surface area contributed by atoms with E-state index in [2.05, 4.69) is 15.5 Å². The average molecular weight is 358 g/mol. The lowest BCUT2D eigenvalue weighted by molar-refractivity contribution is 0.0854. The highest BCUT2D eigenvalue weighted by molar-refractivity contribution is 6.32. The van der Waals surface area contributed by atoms with Gasteiger partial charge in [0, 0.05) is 12.6 Å². The summed E-state index contributed by atoms with van der Waals surface area (Å²) in [6, 6.07) is 10.3. The number of halogens is 2. The van der Waals surface area contributed by atoms with Gasteiger partial charge in [0.05, 0.1) is 5.02 Å². The summed E-state index contributed by atoms with van der Waals surface area (Å²) in [5.41, 5.74) is 0. The first-order valence-corrected chi connectivity index (χ1v) is 7.75. The van der Waals surface area contributed by atoms with Crippen LogP contribution in [0.5, 0.6) is 11.6 Å². The fourth-order valence-electron chi connectivity index (χ4n) is 1.70. The van der Waals surface area contributed by atoms with Crippen molar-refractivity contribution in [3.63, 3.8) is 0 Å². The van der Waals surface area contributed by atoms with Crippen molar-refractivity contribution in [3.05, 3.63) is 46.6 Å². The Labute approximate surface area is 144 Å². The van der Waals surface area contributed by atoms with E-state index in [1.807, 2.05) is 12.1 Å². The minimum Gasteiger partial charge on any atom is -0.489 e. The molecule has 0 aliphatic carbocycles. The Morgan fingerprint density at radius 2 is 1.96 bits per heavy atom. The molecular formula is C15H17Cl2N3O3. The molecule has 23 heavy (non-hydrogen) atoms. The van der Waals surface area contributed by atoms with Crippen molar-refractivity contribution in [3.8, 4) is 11.6 Å². The highest BCUT2D eigenvalue weighted by Gasteiger charge is 2.10. The molecule has 2 N–H and O–H groups in total. The van der Waals surface area contributed by atoms with E-state index in [4.69, 9.17) is 32.7 Å². The van der Waals surface area contributed by atoms with Gasteiger partial charge in [0.15, 0.2) is 5.15 Å². The molecule has 8 heteroatoms. The summed E-state index contributed by atoms with van der Waals surface area (Å²) in [6.07, 6.45) is -1.07. The number of aliphatic hydroxyl groups is 1. The number of hydrogen-bond acceptors (Lipinski definition) is 6. The van der Waals surface area contributed by atoms with Crippen LogP contribution < -0.4 is 14.8 Å². The minimum absolute atomic E-state index is 0.115. The lowest BCUT2D eigenvalue weighted by atomic mass is 10.3. The van der Waals surface area contributed by atoms with Gasteiger partial charge in [-0.1, -0.05) is 35.3 Å². The molecule has 124 valence electrons. The maximum absolute atomic E-state index is 9.92. The first kappa shape index (κ1) is 17.7. The molecule has 0 aliphatic heterocycles. The topological polar surface area (TPSA) is 76.5 Å². The van der Waals surface area contributed by atoms with E-state index in [9.17, 15) is 5.11 Å². The van der Waals surface area contributed by atoms with Crippen molar-refractivity contribution >= 4 is 23.2 Å². The molecule has 0 spiro atoms. The third-order valence-corrected chi connectivity index (χ3v) is 3.33. The van der Waals surface area contributed by atoms with Gasteiger partial charge in [-0.3, -0.25) is 5.32 Å². The molecule has 2 rings (SSSR count). The Bertz CT molecular complexity index is 613. The normalized spacial score (nSPS) is 13.4. The van der Waals surface area contributed by atoms with Gasteiger partial charge >= 0.3 is 0 Å². The predicted molar refractivity (Wildman–Crippen MR) is 88.1 cm³/mol. The zero-order valence-corrected chi connectivity index (χ0v) is 14.0. The van der Waals surface area contributed by atoms with Gasteiger partial charge in [-0.15, -0.1) is 10.2 Å². The summed E-state index contributed by atoms with van der Waals surface area (Å²) in [5.74, 6) is 0.880. The smallest absolute Gasteiger partial charge is 0.235 e. The molecule has 0 aliphatic rings. The third-order valence-electron chi connectivity index (χ3n) is 2.81. The van der Waals surface area contributed by atoms with Crippen LogP contribution in [-0.4, -0.2) is 40.8 Å². The summed E-state index contributed by atoms with van der Waals surface area (Å²) < 4.78 is 10.9. The number of benzene rings is 1. The van der Waals surface area contributed by atoms with Crippen LogP contribution in [0.15, 0.2) is 36.4 Å². The molecule has 2 unspecified atom stereocenters. The summed E-state index contributed by atoms with van der Waals surface area (Å²) in [7, 11) is 0. The average Bonchev–Trinajstić information content (AvgIpc) is 2.54. The standard InChI is InChI=1S/C15H17Cl2N3O3/c1-10(23-15-7-6-14(17)19-20-15)18-8-11(21)9-22-13-5-3-2-4-12(13)16/h2-7,10-11,18,21H,8-9H2,1H3. The van der Waals surface area contributed by atoms with Crippen LogP contribution in [0.2, 0.25) is 10.2 Å². The molecule has 0 bridgehead atoms. The zero-order chi connectivity index (χ0) is 16.7. The number of aromatic nitrogens is 2. The summed E-state index contributed by atoms with van der Waals surface area (Å²) in [5, 5.41) is 21.2. The van der Waals surface area contributed by atoms with Gasteiger partial charge in [0.2, 0.25) is 5.88 Å². The molecule has 2 aromatic rings. The number of ether oxygens (including phenoxy) is 2. The second-order valence-corrected chi connectivity index (χ2v) is 5.55. The van der Waals surface area contributed by atoms with E-state index >= 15 is 0 Å². The van der Waals surface area contributed by atoms with Crippen molar-refractivity contribution in [1.29, 1.82) is 0 Å². The van der Waals surface area contributed by atoms with Crippen LogP contribution in [0.3, 0.4) is 0 Å². The Balaban J connectivity index is 1.70. The highest BCUT2D eigenvalue weighted by Crippen LogP contribution is 2.23. The molecular weight excluding hydrogens is 341 g/mol. The Hall–Kier alpha value is -1.60. The predicted octanol–water partition coefficient (Wildman–Crippen LogP) is 2.54. The van der Waals surface area contributed by atoms with E-state index in [1.54, 1.807) is 31.2 Å². The fraction of sp³-hybridized carbons (Fsp3) is 0.333. The molecule has 6 nitrogen and oxygen atoms in total. The zero-order valence-electron chi connectivity index (χ0n) is 12.4. The van der Waals surface area contributed by atoms with Crippen molar-refractivity contribution in [2.75, 3.05) is 13.2 Å². The van der Waals surface area contributed by atoms with E-state index in [-0.39, 0.29) is 19.4 Å². The lowest BCUT2D eigenvalue weighted by Crippen LogP contribution is -2.39. The number of aliphatic hydroxyl groups excluding tert-OH is 1. The van der Waals surface area contributed by atoms with Crippen molar-refractivity contribution in [2.24, 2.45) is 0 Å². The number of para-hydroxylation sites is 1. The molecule has 0 radical (unpaired) electrons. The van der Waals surface area contributed by atoms with Gasteiger partial charge in [-0.2, -0.15) is 0 Å². The number of hydrogen-bond donors (Lipinski definition) is 2. The van der Waals surface area contributed by atoms with Gasteiger partial charge in [0.25, 0.3) is 0 Å². The van der Waals surface area contributed by atoms with Crippen molar-refractivity contribution < 1.29 is 14.6 Å². The molecule has 1 aromatic heterocycles. The van der Waals surface area contributed by atoms with Crippen molar-refractivity contribution in [1.82, 2.24) is 15.5 Å². The van der Waals surface area contributed by atoms with Crippen LogP contribution >= 0.6 is 23.2 Å². The van der Waals surface area contributed by atoms with Gasteiger partial charge in [0.1, 0.15) is 24.7 Å². The Kier molecular flexibility index (Phi) is 6.85. The van der Waals surface area contributed by atoms with Crippen LogP contribution in [-0.2, 0) is 0 Å². The van der Waals surface area contributed by atoms with E-state index in [1.165, 1.54) is 0 Å². The second kappa shape index (κ2) is 8.88. The summed E-state index contributed by atoms with van der Waals surface area (Å²) in [4.78, 5) is 0. The summed E-state index contributed by atoms with van der Waals surface area (Å²) in [6.45, 7) is 2.19. The van der Waals surface area contributed by atoms with Gasteiger partial charge in [-0.05, 0) is 25.1 Å². The quantitative estimate of drug-likeness (QED) is 0.707. The second-order valence-electron chi connectivity index (χ2n) is 4.76. The molecule has 0 saturated heterocycles. The molecule has 1 aromatic carbocycles. The van der Waals surface area contributed by atoms with Gasteiger partial charge in [-0.25, -0.2) is 0 Å². The van der Waals surface area contributed by atoms with Crippen molar-refractivity contribution in [2.45, 2.75) is 19.3 Å². The SMILES string of the molecule is CC(NCC(O)COc1ccccc1Cl)Oc1ccc(Cl)nn1. The first-order valence-electron chi connectivity index (χ1n) is 6.99. The number of rotatable bonds is 8. The maximum Gasteiger partial charge on any atom is 0.235 e. The summed E-state index contributed by atoms with van der Waals surface area (Å²) >= 11 is 11.6. The monoisotopic (exact) mass is 357 g/mol.